The number of fused-ring (bicyclic) bond motifs is 1. The Morgan fingerprint density at radius 1 is 0.946 bits per heavy atom. The summed E-state index contributed by atoms with van der Waals surface area (Å²) in [6.45, 7) is 5.83. The summed E-state index contributed by atoms with van der Waals surface area (Å²) in [7, 11) is 3.14. The summed E-state index contributed by atoms with van der Waals surface area (Å²) in [5.74, 6) is -0.457. The lowest BCUT2D eigenvalue weighted by Gasteiger charge is -2.23. The average molecular weight is 515 g/mol. The fraction of sp³-hybridized carbons (Fsp3) is 0.207. The summed E-state index contributed by atoms with van der Waals surface area (Å²) in [5, 5.41) is 11.8. The van der Waals surface area contributed by atoms with E-state index in [9.17, 15) is 14.7 Å². The molecule has 1 amide bonds. The largest absolute Gasteiger partial charge is 0.507 e. The number of hydrogen-bond donors (Lipinski definition) is 1. The number of Topliss-reactive ketones (excluding diaryl/α,β-unsaturated/α-hetero) is 1. The number of aliphatic hydroxyl groups is 1. The zero-order valence-electron chi connectivity index (χ0n) is 21.2. The van der Waals surface area contributed by atoms with E-state index in [2.05, 4.69) is 0 Å². The fourth-order valence-corrected chi connectivity index (χ4v) is 5.94. The third-order valence-corrected chi connectivity index (χ3v) is 7.57. The molecule has 4 aromatic rings. The summed E-state index contributed by atoms with van der Waals surface area (Å²) in [6.07, 6.45) is 0. The van der Waals surface area contributed by atoms with E-state index in [0.29, 0.717) is 27.8 Å². The van der Waals surface area contributed by atoms with Gasteiger partial charge in [-0.05, 0) is 79.4 Å². The minimum Gasteiger partial charge on any atom is -0.507 e. The Bertz CT molecular complexity index is 1590. The number of benzene rings is 3. The molecule has 188 valence electrons. The quantitative estimate of drug-likeness (QED) is 0.204. The maximum absolute atomic E-state index is 13.5. The van der Waals surface area contributed by atoms with Crippen LogP contribution in [0, 0.1) is 20.8 Å². The molecule has 0 saturated carbocycles. The third kappa shape index (κ3) is 4.13. The van der Waals surface area contributed by atoms with Crippen LogP contribution in [0.5, 0.6) is 11.5 Å². The summed E-state index contributed by atoms with van der Waals surface area (Å²) < 4.78 is 11.6. The van der Waals surface area contributed by atoms with E-state index in [1.165, 1.54) is 16.2 Å². The van der Waals surface area contributed by atoms with Gasteiger partial charge in [-0.1, -0.05) is 29.5 Å². The van der Waals surface area contributed by atoms with Gasteiger partial charge in [0.2, 0.25) is 0 Å². The first kappa shape index (κ1) is 24.5. The second-order valence-corrected chi connectivity index (χ2v) is 10.1. The van der Waals surface area contributed by atoms with Crippen LogP contribution in [0.25, 0.3) is 16.0 Å². The number of methoxy groups -OCH3 is 2. The van der Waals surface area contributed by atoms with Crippen LogP contribution in [0.15, 0.2) is 60.2 Å². The van der Waals surface area contributed by atoms with Crippen molar-refractivity contribution >= 4 is 44.1 Å². The SMILES string of the molecule is COc1ccc(C2/C(=C(\O)c3ccc(OC)c(C)c3)C(=O)C(=O)N2c2nc3c(C)cc(C)cc3s2)cc1. The van der Waals surface area contributed by atoms with Crippen molar-refractivity contribution in [2.24, 2.45) is 0 Å². The zero-order valence-corrected chi connectivity index (χ0v) is 22.0. The molecule has 1 saturated heterocycles. The minimum absolute atomic E-state index is 0.00638. The smallest absolute Gasteiger partial charge is 0.301 e. The Labute approximate surface area is 218 Å². The predicted octanol–water partition coefficient (Wildman–Crippen LogP) is 5.87. The maximum atomic E-state index is 13.5. The number of anilines is 1. The van der Waals surface area contributed by atoms with E-state index >= 15 is 0 Å². The summed E-state index contributed by atoms with van der Waals surface area (Å²) in [6, 6.07) is 15.4. The molecule has 0 bridgehead atoms. The first-order valence-corrected chi connectivity index (χ1v) is 12.5. The van der Waals surface area contributed by atoms with Crippen molar-refractivity contribution in [3.8, 4) is 11.5 Å². The van der Waals surface area contributed by atoms with Crippen molar-refractivity contribution < 1.29 is 24.2 Å². The molecule has 7 nitrogen and oxygen atoms in total. The summed E-state index contributed by atoms with van der Waals surface area (Å²) >= 11 is 1.35. The predicted molar refractivity (Wildman–Crippen MR) is 145 cm³/mol. The molecule has 1 N–H and O–H groups in total. The van der Waals surface area contributed by atoms with Crippen LogP contribution < -0.4 is 14.4 Å². The summed E-state index contributed by atoms with van der Waals surface area (Å²) in [4.78, 5) is 33.1. The lowest BCUT2D eigenvalue weighted by molar-refractivity contribution is -0.132. The maximum Gasteiger partial charge on any atom is 0.301 e. The molecular weight excluding hydrogens is 488 g/mol. The number of amides is 1. The topological polar surface area (TPSA) is 89.0 Å². The van der Waals surface area contributed by atoms with Gasteiger partial charge >= 0.3 is 5.91 Å². The highest BCUT2D eigenvalue weighted by Gasteiger charge is 2.48. The Kier molecular flexibility index (Phi) is 6.21. The number of thiazole rings is 1. The van der Waals surface area contributed by atoms with Gasteiger partial charge in [0, 0.05) is 5.56 Å². The van der Waals surface area contributed by atoms with Crippen LogP contribution in [-0.2, 0) is 9.59 Å². The second kappa shape index (κ2) is 9.37. The van der Waals surface area contributed by atoms with Crippen molar-refractivity contribution in [2.75, 3.05) is 19.1 Å². The molecule has 1 aliphatic heterocycles. The van der Waals surface area contributed by atoms with E-state index < -0.39 is 17.7 Å². The van der Waals surface area contributed by atoms with Crippen LogP contribution in [-0.4, -0.2) is 36.0 Å². The molecule has 1 aromatic heterocycles. The van der Waals surface area contributed by atoms with Crippen molar-refractivity contribution in [3.63, 3.8) is 0 Å². The lowest BCUT2D eigenvalue weighted by Crippen LogP contribution is -2.29. The van der Waals surface area contributed by atoms with Gasteiger partial charge in [0.05, 0.1) is 36.1 Å². The van der Waals surface area contributed by atoms with Crippen molar-refractivity contribution in [2.45, 2.75) is 26.8 Å². The molecule has 37 heavy (non-hydrogen) atoms. The molecule has 0 radical (unpaired) electrons. The van der Waals surface area contributed by atoms with Crippen LogP contribution in [0.2, 0.25) is 0 Å². The lowest BCUT2D eigenvalue weighted by atomic mass is 9.95. The molecule has 0 aliphatic carbocycles. The number of rotatable bonds is 5. The Hall–Kier alpha value is -4.17. The number of carbonyl (C=O) groups is 2. The van der Waals surface area contributed by atoms with Crippen molar-refractivity contribution in [1.82, 2.24) is 4.98 Å². The van der Waals surface area contributed by atoms with E-state index in [-0.39, 0.29) is 11.3 Å². The van der Waals surface area contributed by atoms with E-state index in [1.807, 2.05) is 32.9 Å². The molecule has 1 atom stereocenters. The number of aromatic nitrogens is 1. The fourth-order valence-electron chi connectivity index (χ4n) is 4.77. The third-order valence-electron chi connectivity index (χ3n) is 6.57. The van der Waals surface area contributed by atoms with Gasteiger partial charge in [0.25, 0.3) is 5.78 Å². The molecular formula is C29H26N2O5S. The minimum atomic E-state index is -0.865. The van der Waals surface area contributed by atoms with Gasteiger partial charge in [0.15, 0.2) is 5.13 Å². The van der Waals surface area contributed by atoms with E-state index in [0.717, 1.165) is 26.9 Å². The van der Waals surface area contributed by atoms with E-state index in [1.54, 1.807) is 56.7 Å². The number of carbonyl (C=O) groups excluding carboxylic acids is 2. The molecule has 1 aliphatic rings. The van der Waals surface area contributed by atoms with Crippen LogP contribution >= 0.6 is 11.3 Å². The number of nitrogens with zero attached hydrogens (tertiary/aromatic N) is 2. The Morgan fingerprint density at radius 2 is 1.68 bits per heavy atom. The molecule has 3 aromatic carbocycles. The molecule has 0 spiro atoms. The number of ether oxygens (including phenoxy) is 2. The van der Waals surface area contributed by atoms with E-state index in [4.69, 9.17) is 14.5 Å². The van der Waals surface area contributed by atoms with Gasteiger partial charge in [-0.2, -0.15) is 0 Å². The molecule has 1 fully saturated rings. The Morgan fingerprint density at radius 3 is 2.32 bits per heavy atom. The second-order valence-electron chi connectivity index (χ2n) is 9.05. The molecule has 8 heteroatoms. The standard InChI is InChI=1S/C29H26N2O5S/c1-15-12-17(3)24-22(13-15)37-29(30-24)31-25(18-6-9-20(35-4)10-7-18)23(27(33)28(31)34)26(32)19-8-11-21(36-5)16(2)14-19/h6-14,25,32H,1-5H3/b26-23+. The number of aryl methyl sites for hydroxylation is 3. The number of aliphatic hydroxyl groups excluding tert-OH is 1. The number of ketones is 1. The van der Waals surface area contributed by atoms with Crippen LogP contribution in [0.4, 0.5) is 5.13 Å². The van der Waals surface area contributed by atoms with Gasteiger partial charge in [-0.15, -0.1) is 0 Å². The Balaban J connectivity index is 1.73. The highest BCUT2D eigenvalue weighted by atomic mass is 32.1. The van der Waals surface area contributed by atoms with Gasteiger partial charge in [-0.3, -0.25) is 14.5 Å². The molecule has 2 heterocycles. The monoisotopic (exact) mass is 514 g/mol. The first-order chi connectivity index (χ1) is 17.7. The number of hydrogen-bond acceptors (Lipinski definition) is 7. The van der Waals surface area contributed by atoms with Crippen molar-refractivity contribution in [3.05, 3.63) is 88.0 Å². The average Bonchev–Trinajstić information content (AvgIpc) is 3.42. The summed E-state index contributed by atoms with van der Waals surface area (Å²) in [5.41, 5.74) is 4.73. The van der Waals surface area contributed by atoms with Gasteiger partial charge < -0.3 is 14.6 Å². The molecule has 5 rings (SSSR count). The highest BCUT2D eigenvalue weighted by molar-refractivity contribution is 7.22. The molecule has 1 unspecified atom stereocenters. The highest BCUT2D eigenvalue weighted by Crippen LogP contribution is 2.45. The van der Waals surface area contributed by atoms with Gasteiger partial charge in [-0.25, -0.2) is 4.98 Å². The van der Waals surface area contributed by atoms with Crippen molar-refractivity contribution in [1.29, 1.82) is 0 Å². The van der Waals surface area contributed by atoms with Crippen LogP contribution in [0.3, 0.4) is 0 Å². The van der Waals surface area contributed by atoms with Crippen LogP contribution in [0.1, 0.15) is 33.9 Å². The zero-order chi connectivity index (χ0) is 26.4. The van der Waals surface area contributed by atoms with Gasteiger partial charge in [0.1, 0.15) is 17.3 Å². The first-order valence-electron chi connectivity index (χ1n) is 11.7. The normalized spacial score (nSPS) is 17.0.